The third-order valence-corrected chi connectivity index (χ3v) is 2.09. The van der Waals surface area contributed by atoms with Crippen molar-refractivity contribution in [3.8, 4) is 0 Å². The van der Waals surface area contributed by atoms with E-state index in [1.165, 1.54) is 18.7 Å². The van der Waals surface area contributed by atoms with E-state index in [2.05, 4.69) is 5.32 Å². The lowest BCUT2D eigenvalue weighted by Gasteiger charge is -2.24. The molecule has 6 heteroatoms. The van der Waals surface area contributed by atoms with Gasteiger partial charge in [-0.15, -0.1) is 0 Å². The molecule has 1 amide bonds. The molecule has 0 aliphatic rings. The highest BCUT2D eigenvalue weighted by atomic mass is 32.2. The number of nitrogens with one attached hydrogen (secondary N) is 1. The monoisotopic (exact) mass is 206 g/mol. The van der Waals surface area contributed by atoms with Crippen LogP contribution in [-0.4, -0.2) is 34.7 Å². The fraction of sp³-hybridized carbons (Fsp3) is 0.714. The molecule has 0 rings (SSSR count). The van der Waals surface area contributed by atoms with Gasteiger partial charge in [0, 0.05) is 13.3 Å². The van der Waals surface area contributed by atoms with Gasteiger partial charge in [0.15, 0.2) is 5.66 Å². The van der Waals surface area contributed by atoms with Crippen molar-refractivity contribution < 1.29 is 14.7 Å². The van der Waals surface area contributed by atoms with Crippen LogP contribution in [0, 0.1) is 0 Å². The summed E-state index contributed by atoms with van der Waals surface area (Å²) in [5.41, 5.74) is 3.85. The number of carboxylic acids is 1. The Balaban J connectivity index is 4.34. The van der Waals surface area contributed by atoms with E-state index in [1.54, 1.807) is 0 Å². The first-order valence-corrected chi connectivity index (χ1v) is 5.11. The molecule has 0 aliphatic heterocycles. The Hall–Kier alpha value is -0.750. The first-order chi connectivity index (χ1) is 5.92. The van der Waals surface area contributed by atoms with Crippen molar-refractivity contribution in [1.82, 2.24) is 5.32 Å². The summed E-state index contributed by atoms with van der Waals surface area (Å²) in [5.74, 6) is -1.06. The fourth-order valence-electron chi connectivity index (χ4n) is 0.800. The number of aliphatic carboxylic acids is 1. The maximum atomic E-state index is 10.7. The molecule has 0 radical (unpaired) electrons. The summed E-state index contributed by atoms with van der Waals surface area (Å²) in [6.07, 6.45) is 2.05. The second kappa shape index (κ2) is 5.08. The molecule has 13 heavy (non-hydrogen) atoms. The van der Waals surface area contributed by atoms with Gasteiger partial charge in [-0.1, -0.05) is 0 Å². The fourth-order valence-corrected chi connectivity index (χ4v) is 1.33. The average Bonchev–Trinajstić information content (AvgIpc) is 1.99. The summed E-state index contributed by atoms with van der Waals surface area (Å²) in [7, 11) is 0. The number of amides is 1. The highest BCUT2D eigenvalue weighted by molar-refractivity contribution is 7.98. The number of rotatable bonds is 5. The molecule has 1 unspecified atom stereocenters. The zero-order valence-corrected chi connectivity index (χ0v) is 8.48. The summed E-state index contributed by atoms with van der Waals surface area (Å²) in [6, 6.07) is 0. The van der Waals surface area contributed by atoms with Gasteiger partial charge in [0.1, 0.15) is 0 Å². The van der Waals surface area contributed by atoms with E-state index in [9.17, 15) is 9.59 Å². The topological polar surface area (TPSA) is 92.4 Å². The number of thioether (sulfide) groups is 1. The van der Waals surface area contributed by atoms with Crippen molar-refractivity contribution in [3.63, 3.8) is 0 Å². The molecule has 5 nitrogen and oxygen atoms in total. The third kappa shape index (κ3) is 4.14. The highest BCUT2D eigenvalue weighted by Gasteiger charge is 2.33. The van der Waals surface area contributed by atoms with E-state index in [-0.39, 0.29) is 6.42 Å². The second-order valence-corrected chi connectivity index (χ2v) is 3.69. The highest BCUT2D eigenvalue weighted by Crippen LogP contribution is 2.07. The van der Waals surface area contributed by atoms with E-state index in [0.717, 1.165) is 0 Å². The summed E-state index contributed by atoms with van der Waals surface area (Å²) < 4.78 is 0. The molecule has 0 aliphatic carbocycles. The van der Waals surface area contributed by atoms with E-state index in [4.69, 9.17) is 10.8 Å². The van der Waals surface area contributed by atoms with Crippen molar-refractivity contribution in [1.29, 1.82) is 0 Å². The normalized spacial score (nSPS) is 14.7. The zero-order valence-electron chi connectivity index (χ0n) is 7.66. The Kier molecular flexibility index (Phi) is 4.79. The van der Waals surface area contributed by atoms with Gasteiger partial charge in [0.25, 0.3) is 0 Å². The number of hydrogen-bond acceptors (Lipinski definition) is 4. The predicted octanol–water partition coefficient (Wildman–Crippen LogP) is -0.385. The number of carbonyl (C=O) groups is 2. The van der Waals surface area contributed by atoms with E-state index < -0.39 is 17.5 Å². The average molecular weight is 206 g/mol. The summed E-state index contributed by atoms with van der Waals surface area (Å²) in [6.45, 7) is 1.24. The van der Waals surface area contributed by atoms with Crippen LogP contribution < -0.4 is 11.1 Å². The molecule has 0 saturated carbocycles. The maximum Gasteiger partial charge on any atom is 0.344 e. The molecule has 0 spiro atoms. The minimum absolute atomic E-state index is 0.211. The Morgan fingerprint density at radius 2 is 2.15 bits per heavy atom. The maximum absolute atomic E-state index is 10.7. The second-order valence-electron chi connectivity index (χ2n) is 2.70. The van der Waals surface area contributed by atoms with Crippen molar-refractivity contribution in [2.24, 2.45) is 5.73 Å². The van der Waals surface area contributed by atoms with Crippen LogP contribution in [0.1, 0.15) is 13.3 Å². The number of hydrogen-bond donors (Lipinski definition) is 3. The first-order valence-electron chi connectivity index (χ1n) is 3.72. The molecule has 0 saturated heterocycles. The van der Waals surface area contributed by atoms with Crippen LogP contribution in [0.5, 0.6) is 0 Å². The lowest BCUT2D eigenvalue weighted by atomic mass is 10.1. The number of carbonyl (C=O) groups excluding carboxylic acids is 1. The van der Waals surface area contributed by atoms with Crippen LogP contribution in [0.2, 0.25) is 0 Å². The van der Waals surface area contributed by atoms with Gasteiger partial charge in [-0.05, 0) is 12.0 Å². The van der Waals surface area contributed by atoms with Gasteiger partial charge in [-0.3, -0.25) is 10.5 Å². The van der Waals surface area contributed by atoms with Crippen LogP contribution in [0.4, 0.5) is 0 Å². The quantitative estimate of drug-likeness (QED) is 0.533. The molecule has 0 aromatic rings. The largest absolute Gasteiger partial charge is 0.478 e. The van der Waals surface area contributed by atoms with E-state index >= 15 is 0 Å². The summed E-state index contributed by atoms with van der Waals surface area (Å²) >= 11 is 1.48. The summed E-state index contributed by atoms with van der Waals surface area (Å²) in [5, 5.41) is 11.0. The zero-order chi connectivity index (χ0) is 10.5. The molecule has 4 N–H and O–H groups in total. The van der Waals surface area contributed by atoms with Crippen LogP contribution in [0.25, 0.3) is 0 Å². The predicted molar refractivity (Wildman–Crippen MR) is 51.4 cm³/mol. The van der Waals surface area contributed by atoms with Gasteiger partial charge < -0.3 is 10.4 Å². The molecule has 0 fully saturated rings. The molecule has 0 bridgehead atoms. The number of carboxylic acid groups (broad SMARTS) is 1. The SMILES string of the molecule is CSCCC(N)(NC(C)=O)C(=O)O. The minimum atomic E-state index is -1.63. The van der Waals surface area contributed by atoms with Gasteiger partial charge in [0.2, 0.25) is 5.91 Å². The van der Waals surface area contributed by atoms with Crippen molar-refractivity contribution >= 4 is 23.6 Å². The lowest BCUT2D eigenvalue weighted by molar-refractivity contribution is -0.147. The Bertz CT molecular complexity index is 210. The molecule has 0 heterocycles. The Labute approximate surface area is 81.1 Å². The first kappa shape index (κ1) is 12.2. The minimum Gasteiger partial charge on any atom is -0.478 e. The van der Waals surface area contributed by atoms with Gasteiger partial charge in [-0.2, -0.15) is 11.8 Å². The van der Waals surface area contributed by atoms with Crippen LogP contribution in [-0.2, 0) is 9.59 Å². The molecule has 0 aromatic heterocycles. The molecule has 1 atom stereocenters. The Morgan fingerprint density at radius 3 is 2.46 bits per heavy atom. The van der Waals surface area contributed by atoms with Crippen molar-refractivity contribution in [2.75, 3.05) is 12.0 Å². The van der Waals surface area contributed by atoms with Crippen molar-refractivity contribution in [2.45, 2.75) is 19.0 Å². The van der Waals surface area contributed by atoms with Crippen molar-refractivity contribution in [3.05, 3.63) is 0 Å². The molecular formula is C7H14N2O3S. The molecule has 0 aromatic carbocycles. The van der Waals surface area contributed by atoms with Crippen LogP contribution in [0.3, 0.4) is 0 Å². The van der Waals surface area contributed by atoms with Crippen LogP contribution >= 0.6 is 11.8 Å². The molecule has 76 valence electrons. The lowest BCUT2D eigenvalue weighted by Crippen LogP contribution is -2.61. The number of nitrogens with two attached hydrogens (primary N) is 1. The van der Waals surface area contributed by atoms with Gasteiger partial charge in [0.05, 0.1) is 0 Å². The standard InChI is InChI=1S/C7H14N2O3S/c1-5(10)9-7(8,6(11)12)3-4-13-2/h3-4,8H2,1-2H3,(H,9,10)(H,11,12). The smallest absolute Gasteiger partial charge is 0.344 e. The Morgan fingerprint density at radius 1 is 1.62 bits per heavy atom. The van der Waals surface area contributed by atoms with Crippen LogP contribution in [0.15, 0.2) is 0 Å². The van der Waals surface area contributed by atoms with E-state index in [1.807, 2.05) is 6.26 Å². The molecular weight excluding hydrogens is 192 g/mol. The van der Waals surface area contributed by atoms with Gasteiger partial charge in [-0.25, -0.2) is 4.79 Å². The van der Waals surface area contributed by atoms with E-state index in [0.29, 0.717) is 5.75 Å². The third-order valence-electron chi connectivity index (χ3n) is 1.48. The van der Waals surface area contributed by atoms with Gasteiger partial charge >= 0.3 is 5.97 Å². The summed E-state index contributed by atoms with van der Waals surface area (Å²) in [4.78, 5) is 21.4.